The summed E-state index contributed by atoms with van der Waals surface area (Å²) in [4.78, 5) is 10.6. The summed E-state index contributed by atoms with van der Waals surface area (Å²) in [5.41, 5.74) is 4.14. The number of carboxylic acid groups (broad SMARTS) is 1. The van der Waals surface area contributed by atoms with E-state index in [1.54, 1.807) is 0 Å². The van der Waals surface area contributed by atoms with E-state index < -0.39 is 5.97 Å². The first-order chi connectivity index (χ1) is 14.8. The zero-order valence-electron chi connectivity index (χ0n) is 19.4. The smallest absolute Gasteiger partial charge is 0.303 e. The molecule has 2 aromatic rings. The van der Waals surface area contributed by atoms with Crippen molar-refractivity contribution in [2.75, 3.05) is 0 Å². The molecule has 1 fully saturated rings. The van der Waals surface area contributed by atoms with Crippen LogP contribution in [0.2, 0.25) is 0 Å². The standard InChI is InChI=1S/C28H38O3/c1-28(2,3)24-14-18-26(19-15-24)31-25-16-12-22(13-17-25)23-10-7-9-21(20-23)8-5-4-6-11-27(29)30/h7,9-10,12-13,16-17,20,24,26H,4-6,8,11,14-15,18-19H2,1-3H3,(H,29,30). The van der Waals surface area contributed by atoms with E-state index in [1.807, 2.05) is 0 Å². The molecular weight excluding hydrogens is 384 g/mol. The summed E-state index contributed by atoms with van der Waals surface area (Å²) in [6.07, 6.45) is 9.17. The lowest BCUT2D eigenvalue weighted by molar-refractivity contribution is -0.137. The largest absolute Gasteiger partial charge is 0.490 e. The Bertz CT molecular complexity index is 824. The highest BCUT2D eigenvalue weighted by Crippen LogP contribution is 2.38. The third kappa shape index (κ3) is 7.41. The van der Waals surface area contributed by atoms with Crippen molar-refractivity contribution >= 4 is 5.97 Å². The monoisotopic (exact) mass is 422 g/mol. The highest BCUT2D eigenvalue weighted by atomic mass is 16.5. The van der Waals surface area contributed by atoms with Crippen molar-refractivity contribution in [2.45, 2.75) is 84.7 Å². The summed E-state index contributed by atoms with van der Waals surface area (Å²) < 4.78 is 6.28. The average Bonchev–Trinajstić information content (AvgIpc) is 2.74. The number of rotatable bonds is 9. The molecule has 0 amide bonds. The van der Waals surface area contributed by atoms with E-state index >= 15 is 0 Å². The van der Waals surface area contributed by atoms with Crippen molar-refractivity contribution in [3.8, 4) is 16.9 Å². The van der Waals surface area contributed by atoms with Crippen LogP contribution in [-0.2, 0) is 11.2 Å². The SMILES string of the molecule is CC(C)(C)C1CCC(Oc2ccc(-c3cccc(CCCCCC(=O)O)c3)cc2)CC1. The first-order valence-electron chi connectivity index (χ1n) is 11.9. The molecule has 0 atom stereocenters. The molecule has 0 aromatic heterocycles. The van der Waals surface area contributed by atoms with Gasteiger partial charge in [0.2, 0.25) is 0 Å². The van der Waals surface area contributed by atoms with Gasteiger partial charge in [-0.15, -0.1) is 0 Å². The Morgan fingerprint density at radius 2 is 1.65 bits per heavy atom. The number of hydrogen-bond acceptors (Lipinski definition) is 2. The van der Waals surface area contributed by atoms with Crippen molar-refractivity contribution in [1.29, 1.82) is 0 Å². The minimum Gasteiger partial charge on any atom is -0.490 e. The van der Waals surface area contributed by atoms with Gasteiger partial charge in [-0.1, -0.05) is 63.6 Å². The van der Waals surface area contributed by atoms with Crippen molar-refractivity contribution in [2.24, 2.45) is 11.3 Å². The number of hydrogen-bond donors (Lipinski definition) is 1. The molecule has 3 nitrogen and oxygen atoms in total. The molecule has 168 valence electrons. The van der Waals surface area contributed by atoms with Crippen LogP contribution < -0.4 is 4.74 Å². The third-order valence-electron chi connectivity index (χ3n) is 6.67. The highest BCUT2D eigenvalue weighted by Gasteiger charge is 2.30. The van der Waals surface area contributed by atoms with E-state index in [9.17, 15) is 4.79 Å². The Morgan fingerprint density at radius 3 is 2.29 bits per heavy atom. The summed E-state index contributed by atoms with van der Waals surface area (Å²) in [5.74, 6) is 1.07. The van der Waals surface area contributed by atoms with Crippen LogP contribution in [0.25, 0.3) is 11.1 Å². The van der Waals surface area contributed by atoms with Crippen molar-refractivity contribution in [1.82, 2.24) is 0 Å². The molecule has 1 saturated carbocycles. The number of carbonyl (C=O) groups is 1. The molecule has 0 saturated heterocycles. The second-order valence-corrected chi connectivity index (χ2v) is 10.1. The van der Waals surface area contributed by atoms with E-state index in [-0.39, 0.29) is 6.42 Å². The molecule has 1 N–H and O–H groups in total. The van der Waals surface area contributed by atoms with Gasteiger partial charge < -0.3 is 9.84 Å². The fourth-order valence-corrected chi connectivity index (χ4v) is 4.65. The van der Waals surface area contributed by atoms with E-state index in [2.05, 4.69) is 69.3 Å². The molecule has 0 bridgehead atoms. The van der Waals surface area contributed by atoms with Gasteiger partial charge in [0.25, 0.3) is 0 Å². The molecule has 0 radical (unpaired) electrons. The molecule has 1 aliphatic carbocycles. The van der Waals surface area contributed by atoms with E-state index in [0.29, 0.717) is 11.5 Å². The van der Waals surface area contributed by atoms with Crippen LogP contribution >= 0.6 is 0 Å². The normalized spacial score (nSPS) is 19.2. The fraction of sp³-hybridized carbons (Fsp3) is 0.536. The van der Waals surface area contributed by atoms with Crippen LogP contribution in [0.1, 0.15) is 77.7 Å². The third-order valence-corrected chi connectivity index (χ3v) is 6.67. The van der Waals surface area contributed by atoms with Gasteiger partial charge in [0.1, 0.15) is 5.75 Å². The molecule has 0 unspecified atom stereocenters. The van der Waals surface area contributed by atoms with Crippen LogP contribution in [0.4, 0.5) is 0 Å². The van der Waals surface area contributed by atoms with Gasteiger partial charge in [-0.05, 0) is 85.1 Å². The number of aryl methyl sites for hydroxylation is 1. The first-order valence-corrected chi connectivity index (χ1v) is 11.9. The molecule has 1 aliphatic rings. The maximum atomic E-state index is 10.6. The minimum atomic E-state index is -0.702. The van der Waals surface area contributed by atoms with Crippen LogP contribution in [0.15, 0.2) is 48.5 Å². The maximum Gasteiger partial charge on any atom is 0.303 e. The predicted molar refractivity (Wildman–Crippen MR) is 128 cm³/mol. The number of unbranched alkanes of at least 4 members (excludes halogenated alkanes) is 2. The Labute approximate surface area is 187 Å². The van der Waals surface area contributed by atoms with Crippen LogP contribution in [0.5, 0.6) is 5.75 Å². The molecule has 0 spiro atoms. The van der Waals surface area contributed by atoms with Crippen molar-refractivity contribution < 1.29 is 14.6 Å². The predicted octanol–water partition coefficient (Wildman–Crippen LogP) is 7.52. The van der Waals surface area contributed by atoms with Gasteiger partial charge in [0.05, 0.1) is 6.10 Å². The van der Waals surface area contributed by atoms with Crippen LogP contribution in [-0.4, -0.2) is 17.2 Å². The second-order valence-electron chi connectivity index (χ2n) is 10.1. The van der Waals surface area contributed by atoms with Gasteiger partial charge in [-0.25, -0.2) is 0 Å². The lowest BCUT2D eigenvalue weighted by Gasteiger charge is -2.36. The maximum absolute atomic E-state index is 10.6. The van der Waals surface area contributed by atoms with Gasteiger partial charge in [-0.3, -0.25) is 4.79 Å². The lowest BCUT2D eigenvalue weighted by Crippen LogP contribution is -2.30. The molecule has 31 heavy (non-hydrogen) atoms. The Balaban J connectivity index is 1.50. The molecule has 2 aromatic carbocycles. The topological polar surface area (TPSA) is 46.5 Å². The zero-order valence-corrected chi connectivity index (χ0v) is 19.4. The lowest BCUT2D eigenvalue weighted by atomic mass is 9.72. The molecule has 3 rings (SSSR count). The highest BCUT2D eigenvalue weighted by molar-refractivity contribution is 5.66. The van der Waals surface area contributed by atoms with Crippen molar-refractivity contribution in [3.63, 3.8) is 0 Å². The summed E-state index contributed by atoms with van der Waals surface area (Å²) in [5, 5.41) is 8.73. The Hall–Kier alpha value is -2.29. The molecular formula is C28H38O3. The number of benzene rings is 2. The van der Waals surface area contributed by atoms with Gasteiger partial charge in [-0.2, -0.15) is 0 Å². The fourth-order valence-electron chi connectivity index (χ4n) is 4.65. The summed E-state index contributed by atoms with van der Waals surface area (Å²) in [7, 11) is 0. The van der Waals surface area contributed by atoms with E-state index in [4.69, 9.17) is 9.84 Å². The Kier molecular flexibility index (Phi) is 8.17. The van der Waals surface area contributed by atoms with Gasteiger partial charge in [0, 0.05) is 6.42 Å². The van der Waals surface area contributed by atoms with Gasteiger partial charge >= 0.3 is 5.97 Å². The number of aliphatic carboxylic acids is 1. The first kappa shape index (κ1) is 23.4. The van der Waals surface area contributed by atoms with E-state index in [1.165, 1.54) is 29.5 Å². The van der Waals surface area contributed by atoms with E-state index in [0.717, 1.165) is 50.2 Å². The summed E-state index contributed by atoms with van der Waals surface area (Å²) in [6, 6.07) is 17.2. The van der Waals surface area contributed by atoms with Crippen LogP contribution in [0.3, 0.4) is 0 Å². The zero-order chi connectivity index (χ0) is 22.3. The van der Waals surface area contributed by atoms with Gasteiger partial charge in [0.15, 0.2) is 0 Å². The summed E-state index contributed by atoms with van der Waals surface area (Å²) >= 11 is 0. The summed E-state index contributed by atoms with van der Waals surface area (Å²) in [6.45, 7) is 7.06. The number of carboxylic acids is 1. The molecule has 3 heteroatoms. The second kappa shape index (κ2) is 10.8. The average molecular weight is 423 g/mol. The molecule has 0 aliphatic heterocycles. The molecule has 0 heterocycles. The van der Waals surface area contributed by atoms with Crippen LogP contribution in [0, 0.1) is 11.3 Å². The quantitative estimate of drug-likeness (QED) is 0.425. The minimum absolute atomic E-state index is 0.270. The van der Waals surface area contributed by atoms with Crippen molar-refractivity contribution in [3.05, 3.63) is 54.1 Å². The number of ether oxygens (including phenoxy) is 1. The Morgan fingerprint density at radius 1 is 0.935 bits per heavy atom.